The van der Waals surface area contributed by atoms with Gasteiger partial charge in [0.05, 0.1) is 0 Å². The van der Waals surface area contributed by atoms with Gasteiger partial charge in [0.25, 0.3) is 0 Å². The largest absolute Gasteiger partial charge is 0.505 e. The van der Waals surface area contributed by atoms with Crippen molar-refractivity contribution in [2.75, 3.05) is 0 Å². The number of halogens is 2. The van der Waals surface area contributed by atoms with Gasteiger partial charge in [0, 0.05) is 11.1 Å². The maximum atomic E-state index is 13.3. The average Bonchev–Trinajstić information content (AvgIpc) is 2.13. The van der Waals surface area contributed by atoms with E-state index < -0.39 is 17.4 Å². The van der Waals surface area contributed by atoms with E-state index in [0.717, 1.165) is 0 Å². The molecule has 0 aliphatic rings. The molecule has 1 aromatic rings. The van der Waals surface area contributed by atoms with Crippen molar-refractivity contribution in [3.05, 3.63) is 34.9 Å². The van der Waals surface area contributed by atoms with Crippen molar-refractivity contribution < 1.29 is 13.9 Å². The van der Waals surface area contributed by atoms with Gasteiger partial charge in [0.2, 0.25) is 0 Å². The third-order valence-corrected chi connectivity index (χ3v) is 2.07. The van der Waals surface area contributed by atoms with E-state index in [4.69, 9.17) is 5.11 Å². The second-order valence-electron chi connectivity index (χ2n) is 2.84. The zero-order valence-corrected chi connectivity index (χ0v) is 7.49. The van der Waals surface area contributed by atoms with Crippen molar-refractivity contribution in [3.63, 3.8) is 0 Å². The van der Waals surface area contributed by atoms with E-state index in [1.54, 1.807) is 0 Å². The Kier molecular flexibility index (Phi) is 2.36. The summed E-state index contributed by atoms with van der Waals surface area (Å²) in [5, 5.41) is 9.14. The number of phenolic OH excluding ortho intramolecular Hbond substituents is 1. The van der Waals surface area contributed by atoms with Crippen LogP contribution < -0.4 is 0 Å². The van der Waals surface area contributed by atoms with Gasteiger partial charge in [-0.05, 0) is 19.4 Å². The normalized spacial score (nSPS) is 10.2. The first kappa shape index (κ1) is 9.71. The maximum Gasteiger partial charge on any atom is 0.168 e. The van der Waals surface area contributed by atoms with Gasteiger partial charge >= 0.3 is 0 Å². The topological polar surface area (TPSA) is 20.2 Å². The molecular formula is C10H10F2O. The van der Waals surface area contributed by atoms with Crippen molar-refractivity contribution in [2.24, 2.45) is 0 Å². The summed E-state index contributed by atoms with van der Waals surface area (Å²) in [6.45, 7) is 6.09. The van der Waals surface area contributed by atoms with Gasteiger partial charge in [0.15, 0.2) is 11.6 Å². The van der Waals surface area contributed by atoms with Crippen molar-refractivity contribution in [3.8, 4) is 5.75 Å². The second-order valence-corrected chi connectivity index (χ2v) is 2.84. The maximum absolute atomic E-state index is 13.3. The minimum atomic E-state index is -0.784. The van der Waals surface area contributed by atoms with E-state index in [1.165, 1.54) is 19.9 Å². The van der Waals surface area contributed by atoms with Crippen LogP contribution in [0.4, 0.5) is 8.78 Å². The van der Waals surface area contributed by atoms with Gasteiger partial charge in [0.1, 0.15) is 5.82 Å². The molecule has 1 rings (SSSR count). The van der Waals surface area contributed by atoms with Crippen LogP contribution in [0.2, 0.25) is 0 Å². The number of hydrogen-bond acceptors (Lipinski definition) is 1. The molecule has 0 aromatic heterocycles. The smallest absolute Gasteiger partial charge is 0.168 e. The number of phenols is 1. The molecule has 0 aliphatic heterocycles. The fourth-order valence-electron chi connectivity index (χ4n) is 1.17. The van der Waals surface area contributed by atoms with Crippen LogP contribution >= 0.6 is 0 Å². The molecule has 3 heteroatoms. The highest BCUT2D eigenvalue weighted by Gasteiger charge is 2.17. The Morgan fingerprint density at radius 2 is 1.69 bits per heavy atom. The molecule has 0 atom stereocenters. The summed E-state index contributed by atoms with van der Waals surface area (Å²) < 4.78 is 26.5. The molecule has 0 saturated carbocycles. The summed E-state index contributed by atoms with van der Waals surface area (Å²) in [7, 11) is 0. The molecule has 1 N–H and O–H groups in total. The van der Waals surface area contributed by atoms with Crippen LogP contribution in [0.5, 0.6) is 5.75 Å². The third-order valence-electron chi connectivity index (χ3n) is 2.07. The Bertz CT molecular complexity index is 341. The van der Waals surface area contributed by atoms with Crippen molar-refractivity contribution in [2.45, 2.75) is 13.8 Å². The summed E-state index contributed by atoms with van der Waals surface area (Å²) in [6.07, 6.45) is 1.24. The van der Waals surface area contributed by atoms with E-state index in [0.29, 0.717) is 0 Å². The van der Waals surface area contributed by atoms with Gasteiger partial charge in [-0.1, -0.05) is 12.7 Å². The van der Waals surface area contributed by atoms with E-state index >= 15 is 0 Å². The number of rotatable bonds is 1. The van der Waals surface area contributed by atoms with Crippen LogP contribution in [0.3, 0.4) is 0 Å². The molecule has 0 radical (unpaired) electrons. The Balaban J connectivity index is 3.66. The molecule has 0 saturated heterocycles. The predicted octanol–water partition coefficient (Wildman–Crippen LogP) is 2.93. The Labute approximate surface area is 75.3 Å². The van der Waals surface area contributed by atoms with Gasteiger partial charge in [-0.3, -0.25) is 0 Å². The highest BCUT2D eigenvalue weighted by molar-refractivity contribution is 5.57. The van der Waals surface area contributed by atoms with Crippen LogP contribution in [-0.2, 0) is 0 Å². The number of hydrogen-bond donors (Lipinski definition) is 1. The summed E-state index contributed by atoms with van der Waals surface area (Å²) in [4.78, 5) is 0. The fraction of sp³-hybridized carbons (Fsp3) is 0.200. The van der Waals surface area contributed by atoms with Gasteiger partial charge in [-0.2, -0.15) is 0 Å². The summed E-state index contributed by atoms with van der Waals surface area (Å²) >= 11 is 0. The molecule has 0 aliphatic carbocycles. The lowest BCUT2D eigenvalue weighted by Crippen LogP contribution is -1.97. The van der Waals surface area contributed by atoms with Gasteiger partial charge in [-0.15, -0.1) is 0 Å². The van der Waals surface area contributed by atoms with Crippen molar-refractivity contribution in [1.82, 2.24) is 0 Å². The fourth-order valence-corrected chi connectivity index (χ4v) is 1.17. The van der Waals surface area contributed by atoms with Crippen LogP contribution in [0.25, 0.3) is 6.08 Å². The summed E-state index contributed by atoms with van der Waals surface area (Å²) in [6, 6.07) is 0. The standard InChI is InChI=1S/C10H10F2O/c1-4-7-5(2)9(12)10(13)6(3)8(7)11/h4,13H,1H2,2-3H3. The molecule has 1 nitrogen and oxygen atoms in total. The molecule has 0 amide bonds. The highest BCUT2D eigenvalue weighted by atomic mass is 19.1. The van der Waals surface area contributed by atoms with Crippen LogP contribution in [0.15, 0.2) is 6.58 Å². The van der Waals surface area contributed by atoms with E-state index in [2.05, 4.69) is 6.58 Å². The van der Waals surface area contributed by atoms with E-state index in [9.17, 15) is 8.78 Å². The molecule has 70 valence electrons. The molecule has 13 heavy (non-hydrogen) atoms. The molecular weight excluding hydrogens is 174 g/mol. The van der Waals surface area contributed by atoms with Crippen molar-refractivity contribution >= 4 is 6.08 Å². The average molecular weight is 184 g/mol. The van der Waals surface area contributed by atoms with Crippen LogP contribution in [-0.4, -0.2) is 5.11 Å². The van der Waals surface area contributed by atoms with E-state index in [-0.39, 0.29) is 16.7 Å². The molecule has 0 bridgehead atoms. The molecule has 1 aromatic carbocycles. The van der Waals surface area contributed by atoms with Gasteiger partial charge in [-0.25, -0.2) is 8.78 Å². The van der Waals surface area contributed by atoms with Crippen LogP contribution in [0.1, 0.15) is 16.7 Å². The highest BCUT2D eigenvalue weighted by Crippen LogP contribution is 2.30. The third kappa shape index (κ3) is 1.30. The summed E-state index contributed by atoms with van der Waals surface area (Å²) in [5.41, 5.74) is 0.0985. The summed E-state index contributed by atoms with van der Waals surface area (Å²) in [5.74, 6) is -2.03. The Morgan fingerprint density at radius 1 is 1.15 bits per heavy atom. The minimum absolute atomic E-state index is 0.0793. The zero-order chi connectivity index (χ0) is 10.2. The quantitative estimate of drug-likeness (QED) is 0.711. The SMILES string of the molecule is C=Cc1c(C)c(F)c(O)c(C)c1F. The Morgan fingerprint density at radius 3 is 2.15 bits per heavy atom. The number of aromatic hydroxyl groups is 1. The van der Waals surface area contributed by atoms with Crippen LogP contribution in [0, 0.1) is 25.5 Å². The first-order valence-electron chi connectivity index (χ1n) is 3.80. The second kappa shape index (κ2) is 3.17. The lowest BCUT2D eigenvalue weighted by atomic mass is 10.0. The number of benzene rings is 1. The van der Waals surface area contributed by atoms with E-state index in [1.807, 2.05) is 0 Å². The molecule has 0 fully saturated rings. The monoisotopic (exact) mass is 184 g/mol. The lowest BCUT2D eigenvalue weighted by Gasteiger charge is -2.09. The first-order valence-corrected chi connectivity index (χ1v) is 3.80. The van der Waals surface area contributed by atoms with Crippen molar-refractivity contribution in [1.29, 1.82) is 0 Å². The molecule has 0 unspecified atom stereocenters. The Hall–Kier alpha value is -1.38. The zero-order valence-electron chi connectivity index (χ0n) is 7.49. The lowest BCUT2D eigenvalue weighted by molar-refractivity contribution is 0.418. The minimum Gasteiger partial charge on any atom is -0.505 e. The molecule has 0 spiro atoms. The molecule has 0 heterocycles. The first-order chi connectivity index (χ1) is 6.00. The predicted molar refractivity (Wildman–Crippen MR) is 47.6 cm³/mol. The van der Waals surface area contributed by atoms with Gasteiger partial charge < -0.3 is 5.11 Å².